The lowest BCUT2D eigenvalue weighted by molar-refractivity contribution is -0.117. The summed E-state index contributed by atoms with van der Waals surface area (Å²) in [5.74, 6) is -0.215. The van der Waals surface area contributed by atoms with Crippen LogP contribution < -0.4 is 0 Å². The van der Waals surface area contributed by atoms with Crippen molar-refractivity contribution in [3.05, 3.63) is 68.4 Å². The van der Waals surface area contributed by atoms with Gasteiger partial charge in [-0.05, 0) is 45.3 Å². The third-order valence-electron chi connectivity index (χ3n) is 2.73. The molecule has 0 saturated heterocycles. The van der Waals surface area contributed by atoms with Crippen molar-refractivity contribution in [1.82, 2.24) is 0 Å². The number of carbonyl (C=O) groups is 1. The van der Waals surface area contributed by atoms with Crippen LogP contribution in [0.1, 0.15) is 11.1 Å². The molecule has 0 saturated carbocycles. The fraction of sp³-hybridized carbons (Fsp3) is 0.133. The third-order valence-corrected chi connectivity index (χ3v) is 4.11. The molecular formula is C15H11Br2FO. The summed E-state index contributed by atoms with van der Waals surface area (Å²) in [6.45, 7) is 0. The number of carbonyl (C=O) groups excluding carboxylic acids is 1. The first-order chi connectivity index (χ1) is 9.06. The zero-order valence-electron chi connectivity index (χ0n) is 10.00. The van der Waals surface area contributed by atoms with Gasteiger partial charge in [0.2, 0.25) is 0 Å². The van der Waals surface area contributed by atoms with Gasteiger partial charge in [-0.3, -0.25) is 4.79 Å². The van der Waals surface area contributed by atoms with Crippen molar-refractivity contribution in [3.63, 3.8) is 0 Å². The Morgan fingerprint density at radius 3 is 2.42 bits per heavy atom. The molecule has 98 valence electrons. The first kappa shape index (κ1) is 14.4. The highest BCUT2D eigenvalue weighted by molar-refractivity contribution is 9.10. The molecule has 0 atom stereocenters. The molecule has 0 bridgehead atoms. The molecule has 0 spiro atoms. The predicted octanol–water partition coefficient (Wildman–Crippen LogP) is 4.71. The quantitative estimate of drug-likeness (QED) is 0.745. The fourth-order valence-corrected chi connectivity index (χ4v) is 2.65. The van der Waals surface area contributed by atoms with Gasteiger partial charge < -0.3 is 0 Å². The number of hydrogen-bond acceptors (Lipinski definition) is 1. The minimum atomic E-state index is -0.318. The van der Waals surface area contributed by atoms with Crippen molar-refractivity contribution in [2.45, 2.75) is 12.8 Å². The maximum atomic E-state index is 13.1. The molecule has 0 heterocycles. The van der Waals surface area contributed by atoms with E-state index >= 15 is 0 Å². The first-order valence-corrected chi connectivity index (χ1v) is 7.34. The summed E-state index contributed by atoms with van der Waals surface area (Å²) in [6, 6.07) is 12.3. The summed E-state index contributed by atoms with van der Waals surface area (Å²) >= 11 is 6.54. The molecule has 0 aliphatic carbocycles. The lowest BCUT2D eigenvalue weighted by atomic mass is 10.0. The third kappa shape index (κ3) is 3.98. The van der Waals surface area contributed by atoms with Crippen LogP contribution in [0, 0.1) is 5.82 Å². The molecule has 2 aromatic rings. The molecule has 0 aliphatic heterocycles. The van der Waals surface area contributed by atoms with Gasteiger partial charge in [-0.15, -0.1) is 0 Å². The van der Waals surface area contributed by atoms with Gasteiger partial charge >= 0.3 is 0 Å². The molecule has 19 heavy (non-hydrogen) atoms. The van der Waals surface area contributed by atoms with E-state index in [4.69, 9.17) is 0 Å². The van der Waals surface area contributed by atoms with Crippen LogP contribution in [0.2, 0.25) is 0 Å². The maximum Gasteiger partial charge on any atom is 0.141 e. The molecule has 1 nitrogen and oxygen atoms in total. The van der Waals surface area contributed by atoms with E-state index in [1.165, 1.54) is 6.07 Å². The van der Waals surface area contributed by atoms with E-state index in [-0.39, 0.29) is 11.6 Å². The summed E-state index contributed by atoms with van der Waals surface area (Å²) < 4.78 is 14.4. The van der Waals surface area contributed by atoms with Gasteiger partial charge in [-0.2, -0.15) is 0 Å². The normalized spacial score (nSPS) is 10.5. The van der Waals surface area contributed by atoms with Crippen molar-refractivity contribution < 1.29 is 9.18 Å². The van der Waals surface area contributed by atoms with E-state index in [1.54, 1.807) is 12.1 Å². The summed E-state index contributed by atoms with van der Waals surface area (Å²) in [6.07, 6.45) is 0.677. The molecule has 0 amide bonds. The minimum absolute atomic E-state index is 0.102. The highest BCUT2D eigenvalue weighted by Gasteiger charge is 2.09. The zero-order chi connectivity index (χ0) is 13.8. The van der Waals surface area contributed by atoms with Gasteiger partial charge in [-0.1, -0.05) is 40.2 Å². The smallest absolute Gasteiger partial charge is 0.141 e. The summed E-state index contributed by atoms with van der Waals surface area (Å²) in [5, 5.41) is 0. The number of halogens is 3. The molecule has 0 unspecified atom stereocenters. The van der Waals surface area contributed by atoms with Crippen LogP contribution in [0.4, 0.5) is 4.39 Å². The van der Waals surface area contributed by atoms with Crippen LogP contribution in [0.15, 0.2) is 51.4 Å². The van der Waals surface area contributed by atoms with Crippen molar-refractivity contribution in [2.75, 3.05) is 0 Å². The second-order valence-electron chi connectivity index (χ2n) is 4.23. The molecule has 0 N–H and O–H groups in total. The molecule has 2 aromatic carbocycles. The van der Waals surface area contributed by atoms with Crippen LogP contribution in [0.3, 0.4) is 0 Å². The molecular weight excluding hydrogens is 375 g/mol. The van der Waals surface area contributed by atoms with Gasteiger partial charge in [0, 0.05) is 17.3 Å². The van der Waals surface area contributed by atoms with Crippen LogP contribution in [0.5, 0.6) is 0 Å². The number of hydrogen-bond donors (Lipinski definition) is 0. The van der Waals surface area contributed by atoms with Gasteiger partial charge in [0.15, 0.2) is 0 Å². The Bertz CT molecular complexity index is 611. The summed E-state index contributed by atoms with van der Waals surface area (Å²) in [5.41, 5.74) is 1.78. The van der Waals surface area contributed by atoms with Crippen LogP contribution in [0.25, 0.3) is 0 Å². The Morgan fingerprint density at radius 2 is 1.74 bits per heavy atom. The molecule has 4 heteroatoms. The predicted molar refractivity (Wildman–Crippen MR) is 80.7 cm³/mol. The average Bonchev–Trinajstić information content (AvgIpc) is 2.37. The SMILES string of the molecule is O=C(Cc1ccc(F)c(Br)c1)Cc1ccccc1Br. The molecule has 0 radical (unpaired) electrons. The summed E-state index contributed by atoms with van der Waals surface area (Å²) in [7, 11) is 0. The molecule has 0 aromatic heterocycles. The maximum absolute atomic E-state index is 13.1. The number of rotatable bonds is 4. The van der Waals surface area contributed by atoms with E-state index in [2.05, 4.69) is 31.9 Å². The highest BCUT2D eigenvalue weighted by atomic mass is 79.9. The van der Waals surface area contributed by atoms with Crippen molar-refractivity contribution in [2.24, 2.45) is 0 Å². The second-order valence-corrected chi connectivity index (χ2v) is 5.94. The van der Waals surface area contributed by atoms with Crippen LogP contribution in [-0.4, -0.2) is 5.78 Å². The van der Waals surface area contributed by atoms with E-state index in [0.717, 1.165) is 15.6 Å². The van der Waals surface area contributed by atoms with Crippen molar-refractivity contribution >= 4 is 37.6 Å². The van der Waals surface area contributed by atoms with Crippen LogP contribution in [-0.2, 0) is 17.6 Å². The zero-order valence-corrected chi connectivity index (χ0v) is 13.2. The largest absolute Gasteiger partial charge is 0.299 e. The summed E-state index contributed by atoms with van der Waals surface area (Å²) in [4.78, 5) is 12.0. The van der Waals surface area contributed by atoms with E-state index in [1.807, 2.05) is 24.3 Å². The Hall–Kier alpha value is -1.00. The van der Waals surface area contributed by atoms with E-state index in [0.29, 0.717) is 17.3 Å². The van der Waals surface area contributed by atoms with Crippen molar-refractivity contribution in [3.8, 4) is 0 Å². The Labute approximate surface area is 128 Å². The van der Waals surface area contributed by atoms with E-state index in [9.17, 15) is 9.18 Å². The Balaban J connectivity index is 2.05. The topological polar surface area (TPSA) is 17.1 Å². The average molecular weight is 386 g/mol. The minimum Gasteiger partial charge on any atom is -0.299 e. The van der Waals surface area contributed by atoms with Gasteiger partial charge in [-0.25, -0.2) is 4.39 Å². The first-order valence-electron chi connectivity index (χ1n) is 5.75. The Kier molecular flexibility index (Phi) is 4.88. The second kappa shape index (κ2) is 6.44. The van der Waals surface area contributed by atoms with Gasteiger partial charge in [0.05, 0.1) is 4.47 Å². The fourth-order valence-electron chi connectivity index (χ4n) is 1.79. The number of ketones is 1. The Morgan fingerprint density at radius 1 is 1.00 bits per heavy atom. The van der Waals surface area contributed by atoms with Gasteiger partial charge in [0.1, 0.15) is 11.6 Å². The lowest BCUT2D eigenvalue weighted by Crippen LogP contribution is -2.07. The van der Waals surface area contributed by atoms with Crippen molar-refractivity contribution in [1.29, 1.82) is 0 Å². The molecule has 0 fully saturated rings. The molecule has 0 aliphatic rings. The molecule has 2 rings (SSSR count). The number of Topliss-reactive ketones (excluding diaryl/α,β-unsaturated/α-hetero) is 1. The lowest BCUT2D eigenvalue weighted by Gasteiger charge is -2.05. The monoisotopic (exact) mass is 384 g/mol. The highest BCUT2D eigenvalue weighted by Crippen LogP contribution is 2.19. The van der Waals surface area contributed by atoms with Gasteiger partial charge in [0.25, 0.3) is 0 Å². The van der Waals surface area contributed by atoms with E-state index < -0.39 is 0 Å². The van der Waals surface area contributed by atoms with Crippen LogP contribution >= 0.6 is 31.9 Å². The standard InChI is InChI=1S/C15H11Br2FO/c16-13-4-2-1-3-11(13)9-12(19)7-10-5-6-15(18)14(17)8-10/h1-6,8H,7,9H2. The number of benzene rings is 2.